The average molecular weight is 395 g/mol. The van der Waals surface area contributed by atoms with Crippen molar-refractivity contribution in [1.82, 2.24) is 0 Å². The Hall–Kier alpha value is -1.58. The molecule has 28 heavy (non-hydrogen) atoms. The van der Waals surface area contributed by atoms with Crippen LogP contribution >= 0.6 is 0 Å². The molecule has 0 aromatic heterocycles. The van der Waals surface area contributed by atoms with Gasteiger partial charge in [-0.3, -0.25) is 0 Å². The number of carboxylic acids is 2. The van der Waals surface area contributed by atoms with Gasteiger partial charge in [-0.05, 0) is 25.7 Å². The molecule has 0 aliphatic rings. The quantitative estimate of drug-likeness (QED) is 0.158. The number of hydrogen-bond acceptors (Lipinski definition) is 2. The van der Waals surface area contributed by atoms with Gasteiger partial charge in [-0.25, -0.2) is 9.59 Å². The highest BCUT2D eigenvalue weighted by Crippen LogP contribution is 2.14. The van der Waals surface area contributed by atoms with Crippen LogP contribution in [-0.2, 0) is 9.59 Å². The summed E-state index contributed by atoms with van der Waals surface area (Å²) in [5.41, 5.74) is 0. The molecule has 0 bridgehead atoms. The normalized spacial score (nSPS) is 11.6. The minimum Gasteiger partial charge on any atom is -0.478 e. The Labute approximate surface area is 172 Å². The summed E-state index contributed by atoms with van der Waals surface area (Å²) in [6.07, 6.45) is 28.4. The summed E-state index contributed by atoms with van der Waals surface area (Å²) in [5.74, 6) is -1.70. The van der Waals surface area contributed by atoms with Crippen LogP contribution in [0.25, 0.3) is 0 Å². The fraction of sp³-hybridized carbons (Fsp3) is 0.750. The first-order chi connectivity index (χ1) is 13.6. The van der Waals surface area contributed by atoms with E-state index in [1.54, 1.807) is 12.2 Å². The fourth-order valence-corrected chi connectivity index (χ4v) is 3.37. The Kier molecular flexibility index (Phi) is 20.5. The highest BCUT2D eigenvalue weighted by Gasteiger charge is 1.95. The Balaban J connectivity index is 3.08. The molecular formula is C24H42O4. The van der Waals surface area contributed by atoms with E-state index in [0.29, 0.717) is 0 Å². The lowest BCUT2D eigenvalue weighted by atomic mass is 10.0. The first-order valence-electron chi connectivity index (χ1n) is 11.4. The van der Waals surface area contributed by atoms with Gasteiger partial charge in [0.25, 0.3) is 0 Å². The molecule has 4 nitrogen and oxygen atoms in total. The van der Waals surface area contributed by atoms with E-state index in [-0.39, 0.29) is 0 Å². The van der Waals surface area contributed by atoms with Gasteiger partial charge in [-0.1, -0.05) is 102 Å². The molecule has 0 aromatic carbocycles. The van der Waals surface area contributed by atoms with Crippen molar-refractivity contribution in [2.75, 3.05) is 0 Å². The maximum atomic E-state index is 10.3. The number of allylic oxidation sites excluding steroid dienone is 2. The predicted molar refractivity (Wildman–Crippen MR) is 117 cm³/mol. The molecular weight excluding hydrogens is 352 g/mol. The van der Waals surface area contributed by atoms with Gasteiger partial charge in [-0.2, -0.15) is 0 Å². The van der Waals surface area contributed by atoms with E-state index >= 15 is 0 Å². The zero-order valence-electron chi connectivity index (χ0n) is 17.7. The van der Waals surface area contributed by atoms with Crippen molar-refractivity contribution in [2.45, 2.75) is 116 Å². The minimum atomic E-state index is -0.848. The zero-order valence-corrected chi connectivity index (χ0v) is 17.7. The van der Waals surface area contributed by atoms with Gasteiger partial charge in [0.1, 0.15) is 0 Å². The molecule has 0 heterocycles. The summed E-state index contributed by atoms with van der Waals surface area (Å²) in [6, 6.07) is 0. The summed E-state index contributed by atoms with van der Waals surface area (Å²) >= 11 is 0. The first-order valence-corrected chi connectivity index (χ1v) is 11.4. The molecule has 0 spiro atoms. The van der Waals surface area contributed by atoms with E-state index in [0.717, 1.165) is 25.7 Å². The van der Waals surface area contributed by atoms with Crippen LogP contribution in [0.1, 0.15) is 116 Å². The van der Waals surface area contributed by atoms with Gasteiger partial charge in [0.2, 0.25) is 0 Å². The molecule has 162 valence electrons. The van der Waals surface area contributed by atoms with Crippen LogP contribution in [-0.4, -0.2) is 22.2 Å². The largest absolute Gasteiger partial charge is 0.478 e. The number of rotatable bonds is 21. The maximum Gasteiger partial charge on any atom is 0.327 e. The van der Waals surface area contributed by atoms with Crippen molar-refractivity contribution in [3.63, 3.8) is 0 Å². The zero-order chi connectivity index (χ0) is 20.7. The standard InChI is InChI=1S/C24H42O4/c25-23(26)21-19-17-15-13-11-9-7-5-3-1-2-4-6-8-10-12-14-16-18-20-22-24(27)28/h19-22H,1-18H2,(H,25,26)(H,27,28). The van der Waals surface area contributed by atoms with Crippen molar-refractivity contribution in [2.24, 2.45) is 0 Å². The number of aliphatic carboxylic acids is 2. The Bertz CT molecular complexity index is 386. The van der Waals surface area contributed by atoms with Gasteiger partial charge in [0, 0.05) is 12.2 Å². The lowest BCUT2D eigenvalue weighted by Gasteiger charge is -2.03. The van der Waals surface area contributed by atoms with Crippen LogP contribution in [0.3, 0.4) is 0 Å². The Morgan fingerprint density at radius 2 is 0.643 bits per heavy atom. The van der Waals surface area contributed by atoms with Crippen molar-refractivity contribution >= 4 is 11.9 Å². The average Bonchev–Trinajstić information content (AvgIpc) is 2.65. The summed E-state index contributed by atoms with van der Waals surface area (Å²) < 4.78 is 0. The van der Waals surface area contributed by atoms with Crippen molar-refractivity contribution in [3.05, 3.63) is 24.3 Å². The molecule has 0 rings (SSSR count). The van der Waals surface area contributed by atoms with Gasteiger partial charge in [0.15, 0.2) is 0 Å². The first kappa shape index (κ1) is 26.4. The van der Waals surface area contributed by atoms with Crippen molar-refractivity contribution in [1.29, 1.82) is 0 Å². The SMILES string of the molecule is O=C(O)C=CCCCCCCCCCCCCCCCCCCC=CC(=O)O. The molecule has 0 aliphatic heterocycles. The van der Waals surface area contributed by atoms with E-state index in [2.05, 4.69) is 0 Å². The third kappa shape index (κ3) is 24.4. The number of unbranched alkanes of at least 4 members (excludes halogenated alkanes) is 17. The van der Waals surface area contributed by atoms with Crippen molar-refractivity contribution < 1.29 is 19.8 Å². The molecule has 0 aliphatic carbocycles. The van der Waals surface area contributed by atoms with E-state index < -0.39 is 11.9 Å². The van der Waals surface area contributed by atoms with Gasteiger partial charge >= 0.3 is 11.9 Å². The summed E-state index contributed by atoms with van der Waals surface area (Å²) in [7, 11) is 0. The van der Waals surface area contributed by atoms with Crippen LogP contribution in [0.4, 0.5) is 0 Å². The molecule has 0 saturated heterocycles. The topological polar surface area (TPSA) is 74.6 Å². The van der Waals surface area contributed by atoms with E-state index in [1.807, 2.05) is 0 Å². The molecule has 0 fully saturated rings. The highest BCUT2D eigenvalue weighted by molar-refractivity contribution is 5.79. The minimum absolute atomic E-state index is 0.848. The molecule has 0 aromatic rings. The van der Waals surface area contributed by atoms with Crippen LogP contribution in [0.2, 0.25) is 0 Å². The Morgan fingerprint density at radius 1 is 0.429 bits per heavy atom. The van der Waals surface area contributed by atoms with Crippen molar-refractivity contribution in [3.8, 4) is 0 Å². The van der Waals surface area contributed by atoms with E-state index in [9.17, 15) is 9.59 Å². The van der Waals surface area contributed by atoms with Crippen LogP contribution in [0.5, 0.6) is 0 Å². The second kappa shape index (κ2) is 21.7. The molecule has 0 radical (unpaired) electrons. The molecule has 0 atom stereocenters. The number of carboxylic acid groups (broad SMARTS) is 2. The second-order valence-corrected chi connectivity index (χ2v) is 7.72. The predicted octanol–water partition coefficient (Wildman–Crippen LogP) is 7.29. The third-order valence-corrected chi connectivity index (χ3v) is 5.01. The lowest BCUT2D eigenvalue weighted by molar-refractivity contribution is -0.132. The Morgan fingerprint density at radius 3 is 0.857 bits per heavy atom. The number of carbonyl (C=O) groups is 2. The molecule has 0 unspecified atom stereocenters. The molecule has 0 amide bonds. The van der Waals surface area contributed by atoms with E-state index in [4.69, 9.17) is 10.2 Å². The van der Waals surface area contributed by atoms with E-state index in [1.165, 1.54) is 102 Å². The summed E-state index contributed by atoms with van der Waals surface area (Å²) in [6.45, 7) is 0. The second-order valence-electron chi connectivity index (χ2n) is 7.72. The number of hydrogen-bond donors (Lipinski definition) is 2. The fourth-order valence-electron chi connectivity index (χ4n) is 3.37. The smallest absolute Gasteiger partial charge is 0.327 e. The van der Waals surface area contributed by atoms with Gasteiger partial charge in [0.05, 0.1) is 0 Å². The van der Waals surface area contributed by atoms with Gasteiger partial charge < -0.3 is 10.2 Å². The summed E-state index contributed by atoms with van der Waals surface area (Å²) in [5, 5.41) is 17.0. The highest BCUT2D eigenvalue weighted by atomic mass is 16.4. The van der Waals surface area contributed by atoms with Crippen LogP contribution in [0, 0.1) is 0 Å². The van der Waals surface area contributed by atoms with Crippen LogP contribution in [0.15, 0.2) is 24.3 Å². The maximum absolute atomic E-state index is 10.3. The molecule has 0 saturated carbocycles. The third-order valence-electron chi connectivity index (χ3n) is 5.01. The van der Waals surface area contributed by atoms with Crippen LogP contribution < -0.4 is 0 Å². The lowest BCUT2D eigenvalue weighted by Crippen LogP contribution is -1.86. The van der Waals surface area contributed by atoms with Gasteiger partial charge in [-0.15, -0.1) is 0 Å². The molecule has 2 N–H and O–H groups in total. The molecule has 4 heteroatoms. The monoisotopic (exact) mass is 394 g/mol. The summed E-state index contributed by atoms with van der Waals surface area (Å²) in [4.78, 5) is 20.6.